The van der Waals surface area contributed by atoms with Gasteiger partial charge in [0.05, 0.1) is 29.7 Å². The second-order valence-corrected chi connectivity index (χ2v) is 5.49. The number of primary amides is 1. The van der Waals surface area contributed by atoms with Crippen LogP contribution in [0.2, 0.25) is 0 Å². The number of piperidine rings is 1. The molecule has 0 radical (unpaired) electrons. The number of hydrogen-bond donors (Lipinski definition) is 3. The lowest BCUT2D eigenvalue weighted by Gasteiger charge is -2.34. The summed E-state index contributed by atoms with van der Waals surface area (Å²) in [4.78, 5) is 32.9. The van der Waals surface area contributed by atoms with E-state index >= 15 is 0 Å². The van der Waals surface area contributed by atoms with Crippen LogP contribution in [0.5, 0.6) is 0 Å². The Morgan fingerprint density at radius 3 is 3.10 bits per heavy atom. The van der Waals surface area contributed by atoms with Crippen molar-refractivity contribution in [3.05, 3.63) is 17.7 Å². The number of aromatic nitrogens is 2. The van der Waals surface area contributed by atoms with Crippen LogP contribution < -0.4 is 11.1 Å². The van der Waals surface area contributed by atoms with Crippen molar-refractivity contribution in [3.8, 4) is 0 Å². The van der Waals surface area contributed by atoms with Gasteiger partial charge in [-0.2, -0.15) is 0 Å². The highest BCUT2D eigenvalue weighted by Crippen LogP contribution is 2.19. The summed E-state index contributed by atoms with van der Waals surface area (Å²) in [6.07, 6.45) is 3.86. The first kappa shape index (κ1) is 13.1. The van der Waals surface area contributed by atoms with Gasteiger partial charge in [-0.1, -0.05) is 0 Å². The first-order chi connectivity index (χ1) is 9.65. The number of fused-ring (bicyclic) bond motifs is 1. The maximum absolute atomic E-state index is 12.5. The lowest BCUT2D eigenvalue weighted by atomic mass is 9.96. The highest BCUT2D eigenvalue weighted by Gasteiger charge is 2.33. The van der Waals surface area contributed by atoms with E-state index in [2.05, 4.69) is 15.3 Å². The van der Waals surface area contributed by atoms with Crippen molar-refractivity contribution in [2.75, 3.05) is 13.1 Å². The van der Waals surface area contributed by atoms with E-state index in [0.29, 0.717) is 26.1 Å². The standard InChI is InChI=1S/C13H19N5O2/c14-12(19)8-2-1-3-18(6-8)13(20)10-4-9-11(5-15-10)17-7-16-9/h7-8,10,15H,1-6H2,(H2,14,19)(H,16,17). The molecule has 3 rings (SSSR count). The third kappa shape index (κ3) is 2.40. The first-order valence-electron chi connectivity index (χ1n) is 6.97. The van der Waals surface area contributed by atoms with Crippen LogP contribution in [0.1, 0.15) is 24.2 Å². The van der Waals surface area contributed by atoms with Crippen LogP contribution in [0.3, 0.4) is 0 Å². The van der Waals surface area contributed by atoms with Gasteiger partial charge in [0.15, 0.2) is 0 Å². The molecule has 1 aromatic heterocycles. The molecule has 7 nitrogen and oxygen atoms in total. The normalized spacial score (nSPS) is 26.1. The molecule has 0 bridgehead atoms. The van der Waals surface area contributed by atoms with Gasteiger partial charge in [0.2, 0.25) is 11.8 Å². The van der Waals surface area contributed by atoms with E-state index in [4.69, 9.17) is 5.73 Å². The zero-order valence-electron chi connectivity index (χ0n) is 11.3. The van der Waals surface area contributed by atoms with Crippen molar-refractivity contribution >= 4 is 11.8 Å². The van der Waals surface area contributed by atoms with Crippen LogP contribution in [0.25, 0.3) is 0 Å². The van der Waals surface area contributed by atoms with Crippen molar-refractivity contribution in [2.24, 2.45) is 11.7 Å². The fourth-order valence-corrected chi connectivity index (χ4v) is 2.97. The van der Waals surface area contributed by atoms with Crippen LogP contribution >= 0.6 is 0 Å². The Hall–Kier alpha value is -1.89. The molecule has 0 saturated carbocycles. The van der Waals surface area contributed by atoms with E-state index in [-0.39, 0.29) is 23.8 Å². The molecule has 4 N–H and O–H groups in total. The SMILES string of the molecule is NC(=O)C1CCCN(C(=O)C2Cc3nc[nH]c3CN2)C1. The monoisotopic (exact) mass is 277 g/mol. The fraction of sp³-hybridized carbons (Fsp3) is 0.615. The number of likely N-dealkylation sites (tertiary alicyclic amines) is 1. The minimum absolute atomic E-state index is 0.0459. The molecule has 1 saturated heterocycles. The van der Waals surface area contributed by atoms with Gasteiger partial charge in [-0.15, -0.1) is 0 Å². The molecule has 108 valence electrons. The summed E-state index contributed by atoms with van der Waals surface area (Å²) in [5, 5.41) is 3.22. The molecule has 2 amide bonds. The third-order valence-corrected chi connectivity index (χ3v) is 4.16. The van der Waals surface area contributed by atoms with Gasteiger partial charge < -0.3 is 15.6 Å². The zero-order chi connectivity index (χ0) is 14.1. The molecule has 0 spiro atoms. The van der Waals surface area contributed by atoms with Gasteiger partial charge in [0, 0.05) is 26.1 Å². The van der Waals surface area contributed by atoms with Crippen molar-refractivity contribution in [1.82, 2.24) is 20.2 Å². The molecule has 2 atom stereocenters. The van der Waals surface area contributed by atoms with Crippen LogP contribution in [-0.2, 0) is 22.6 Å². The number of carbonyl (C=O) groups excluding carboxylic acids is 2. The predicted molar refractivity (Wildman–Crippen MR) is 71.4 cm³/mol. The van der Waals surface area contributed by atoms with Crippen LogP contribution in [-0.4, -0.2) is 45.8 Å². The first-order valence-corrected chi connectivity index (χ1v) is 6.97. The van der Waals surface area contributed by atoms with Crippen LogP contribution in [0, 0.1) is 5.92 Å². The molecule has 2 aliphatic heterocycles. The minimum atomic E-state index is -0.311. The van der Waals surface area contributed by atoms with Gasteiger partial charge in [0.25, 0.3) is 0 Å². The van der Waals surface area contributed by atoms with Crippen molar-refractivity contribution in [2.45, 2.75) is 31.8 Å². The van der Waals surface area contributed by atoms with Gasteiger partial charge in [-0.05, 0) is 12.8 Å². The highest BCUT2D eigenvalue weighted by atomic mass is 16.2. The quantitative estimate of drug-likeness (QED) is 0.655. The lowest BCUT2D eigenvalue weighted by Crippen LogP contribution is -2.53. The Bertz CT molecular complexity index is 527. The number of nitrogens with two attached hydrogens (primary N) is 1. The van der Waals surface area contributed by atoms with Crippen molar-refractivity contribution in [3.63, 3.8) is 0 Å². The molecular weight excluding hydrogens is 258 g/mol. The molecule has 1 fully saturated rings. The summed E-state index contributed by atoms with van der Waals surface area (Å²) in [7, 11) is 0. The number of aromatic amines is 1. The maximum Gasteiger partial charge on any atom is 0.240 e. The fourth-order valence-electron chi connectivity index (χ4n) is 2.97. The van der Waals surface area contributed by atoms with Gasteiger partial charge in [-0.3, -0.25) is 14.9 Å². The Morgan fingerprint density at radius 2 is 2.30 bits per heavy atom. The molecule has 2 aliphatic rings. The number of nitrogens with one attached hydrogen (secondary N) is 2. The molecule has 0 aromatic carbocycles. The number of H-pyrrole nitrogens is 1. The zero-order valence-corrected chi connectivity index (χ0v) is 11.3. The highest BCUT2D eigenvalue weighted by molar-refractivity contribution is 5.84. The molecular formula is C13H19N5O2. The average molecular weight is 277 g/mol. The number of rotatable bonds is 2. The Balaban J connectivity index is 1.66. The molecule has 3 heterocycles. The number of hydrogen-bond acceptors (Lipinski definition) is 4. The summed E-state index contributed by atoms with van der Waals surface area (Å²) in [6, 6.07) is -0.252. The number of carbonyl (C=O) groups is 2. The smallest absolute Gasteiger partial charge is 0.240 e. The Morgan fingerprint density at radius 1 is 1.45 bits per heavy atom. The van der Waals surface area contributed by atoms with E-state index < -0.39 is 0 Å². The number of imidazole rings is 1. The second-order valence-electron chi connectivity index (χ2n) is 5.49. The van der Waals surface area contributed by atoms with Gasteiger partial charge in [-0.25, -0.2) is 4.98 Å². The molecule has 1 aromatic rings. The Kier molecular flexibility index (Phi) is 3.43. The van der Waals surface area contributed by atoms with E-state index in [0.717, 1.165) is 24.2 Å². The van der Waals surface area contributed by atoms with E-state index in [1.165, 1.54) is 0 Å². The summed E-state index contributed by atoms with van der Waals surface area (Å²) in [5.41, 5.74) is 7.34. The van der Waals surface area contributed by atoms with E-state index in [1.54, 1.807) is 11.2 Å². The van der Waals surface area contributed by atoms with E-state index in [1.807, 2.05) is 0 Å². The average Bonchev–Trinajstić information content (AvgIpc) is 2.94. The van der Waals surface area contributed by atoms with Gasteiger partial charge >= 0.3 is 0 Å². The maximum atomic E-state index is 12.5. The number of amides is 2. The van der Waals surface area contributed by atoms with Gasteiger partial charge in [0.1, 0.15) is 0 Å². The molecule has 0 aliphatic carbocycles. The second kappa shape index (κ2) is 5.24. The van der Waals surface area contributed by atoms with Crippen molar-refractivity contribution < 1.29 is 9.59 Å². The number of nitrogens with zero attached hydrogens (tertiary/aromatic N) is 2. The van der Waals surface area contributed by atoms with Crippen LogP contribution in [0.15, 0.2) is 6.33 Å². The lowest BCUT2D eigenvalue weighted by molar-refractivity contribution is -0.137. The Labute approximate surface area is 116 Å². The largest absolute Gasteiger partial charge is 0.369 e. The van der Waals surface area contributed by atoms with E-state index in [9.17, 15) is 9.59 Å². The molecule has 2 unspecified atom stereocenters. The van der Waals surface area contributed by atoms with Crippen LogP contribution in [0.4, 0.5) is 0 Å². The third-order valence-electron chi connectivity index (χ3n) is 4.16. The topological polar surface area (TPSA) is 104 Å². The summed E-state index contributed by atoms with van der Waals surface area (Å²) >= 11 is 0. The summed E-state index contributed by atoms with van der Waals surface area (Å²) in [5.74, 6) is -0.476. The predicted octanol–water partition coefficient (Wildman–Crippen LogP) is -0.852. The van der Waals surface area contributed by atoms with Crippen molar-refractivity contribution in [1.29, 1.82) is 0 Å². The minimum Gasteiger partial charge on any atom is -0.369 e. The summed E-state index contributed by atoms with van der Waals surface area (Å²) < 4.78 is 0. The summed E-state index contributed by atoms with van der Waals surface area (Å²) in [6.45, 7) is 1.77. The molecule has 20 heavy (non-hydrogen) atoms. The molecule has 7 heteroatoms.